The topological polar surface area (TPSA) is 76.4 Å². The molecule has 6 rings (SSSR count). The summed E-state index contributed by atoms with van der Waals surface area (Å²) in [4.78, 5) is 22.2. The number of benzene rings is 3. The Labute approximate surface area is 257 Å². The highest BCUT2D eigenvalue weighted by Gasteiger charge is 2.22. The third-order valence-corrected chi connectivity index (χ3v) is 9.06. The van der Waals surface area contributed by atoms with Crippen LogP contribution >= 0.6 is 11.8 Å². The molecule has 0 aliphatic carbocycles. The monoisotopic (exact) mass is 594 g/mol. The van der Waals surface area contributed by atoms with Crippen molar-refractivity contribution in [3.05, 3.63) is 83.4 Å². The van der Waals surface area contributed by atoms with E-state index in [0.29, 0.717) is 11.6 Å². The molecule has 0 atom stereocenters. The van der Waals surface area contributed by atoms with Gasteiger partial charge in [0.1, 0.15) is 11.3 Å². The number of anilines is 1. The average molecular weight is 595 g/mol. The number of amides is 1. The van der Waals surface area contributed by atoms with E-state index in [1.54, 1.807) is 18.9 Å². The van der Waals surface area contributed by atoms with Gasteiger partial charge in [-0.15, -0.1) is 10.2 Å². The molecule has 9 heteroatoms. The van der Waals surface area contributed by atoms with E-state index in [1.165, 1.54) is 16.7 Å². The highest BCUT2D eigenvalue weighted by Crippen LogP contribution is 2.30. The highest BCUT2D eigenvalue weighted by atomic mass is 32.2. The largest absolute Gasteiger partial charge is 0.495 e. The molecule has 1 saturated heterocycles. The van der Waals surface area contributed by atoms with Gasteiger partial charge in [-0.2, -0.15) is 0 Å². The van der Waals surface area contributed by atoms with Gasteiger partial charge in [-0.25, -0.2) is 4.98 Å². The van der Waals surface area contributed by atoms with E-state index in [0.717, 1.165) is 84.8 Å². The number of hydrogen-bond donors (Lipinski definition) is 0. The molecule has 1 amide bonds. The zero-order valence-electron chi connectivity index (χ0n) is 25.1. The number of para-hydroxylation sites is 2. The zero-order valence-corrected chi connectivity index (χ0v) is 25.9. The maximum atomic E-state index is 12.9. The molecule has 3 heterocycles. The van der Waals surface area contributed by atoms with Crippen molar-refractivity contribution in [1.82, 2.24) is 24.6 Å². The Kier molecular flexibility index (Phi) is 8.79. The molecular weight excluding hydrogens is 556 g/mol. The Hall–Kier alpha value is -4.11. The summed E-state index contributed by atoms with van der Waals surface area (Å²) in [5.74, 6) is 1.96. The number of ether oxygens (including phenoxy) is 1. The van der Waals surface area contributed by atoms with Crippen molar-refractivity contribution in [2.75, 3.05) is 43.9 Å². The molecule has 8 nitrogen and oxygen atoms in total. The number of thioether (sulfide) groups is 1. The number of nitrogens with zero attached hydrogens (tertiary/aromatic N) is 6. The van der Waals surface area contributed by atoms with Crippen LogP contribution in [-0.2, 0) is 11.3 Å². The van der Waals surface area contributed by atoms with Crippen molar-refractivity contribution in [3.63, 3.8) is 0 Å². The first-order chi connectivity index (χ1) is 21.0. The maximum absolute atomic E-state index is 12.9. The quantitative estimate of drug-likeness (QED) is 0.139. The number of aryl methyl sites for hydroxylation is 2. The van der Waals surface area contributed by atoms with Crippen LogP contribution in [0.1, 0.15) is 36.0 Å². The lowest BCUT2D eigenvalue weighted by Gasteiger charge is -2.36. The molecule has 0 radical (unpaired) electrons. The standard InChI is InChI=1S/C34H38N6O2S/c1-24-11-14-26(15-12-24)23-40-28-16-13-25(2)22-27(28)32-33(40)35-34(37-36-32)43-21-7-6-10-31(41)39-19-17-38(18-20-39)29-8-4-5-9-30(29)42-3/h4-5,8-9,11-16,22H,6-7,10,17-21,23H2,1-3H3. The smallest absolute Gasteiger partial charge is 0.222 e. The summed E-state index contributed by atoms with van der Waals surface area (Å²) < 4.78 is 7.76. The second-order valence-electron chi connectivity index (χ2n) is 11.2. The van der Waals surface area contributed by atoms with Gasteiger partial charge in [0.05, 0.1) is 18.3 Å². The van der Waals surface area contributed by atoms with Gasteiger partial charge in [0.2, 0.25) is 11.1 Å². The van der Waals surface area contributed by atoms with Gasteiger partial charge in [0.15, 0.2) is 5.65 Å². The summed E-state index contributed by atoms with van der Waals surface area (Å²) in [6.07, 6.45) is 2.34. The molecule has 43 heavy (non-hydrogen) atoms. The molecular formula is C34H38N6O2S. The predicted molar refractivity (Wildman–Crippen MR) is 174 cm³/mol. The van der Waals surface area contributed by atoms with Crippen molar-refractivity contribution in [2.24, 2.45) is 0 Å². The van der Waals surface area contributed by atoms with Crippen LogP contribution in [-0.4, -0.2) is 69.6 Å². The minimum Gasteiger partial charge on any atom is -0.495 e. The summed E-state index contributed by atoms with van der Waals surface area (Å²) in [6.45, 7) is 8.03. The number of carbonyl (C=O) groups is 1. The molecule has 5 aromatic rings. The number of aromatic nitrogens is 4. The molecule has 0 bridgehead atoms. The molecule has 1 fully saturated rings. The molecule has 1 aliphatic heterocycles. The van der Waals surface area contributed by atoms with Crippen molar-refractivity contribution in [2.45, 2.75) is 44.8 Å². The molecule has 2 aromatic heterocycles. The van der Waals surface area contributed by atoms with Crippen molar-refractivity contribution in [1.29, 1.82) is 0 Å². The SMILES string of the molecule is COc1ccccc1N1CCN(C(=O)CCCCSc2nnc3c4cc(C)ccc4n(Cc4ccc(C)cc4)c3n2)CC1. The van der Waals surface area contributed by atoms with Gasteiger partial charge in [0, 0.05) is 50.3 Å². The van der Waals surface area contributed by atoms with Crippen LogP contribution in [0.25, 0.3) is 22.1 Å². The number of carbonyl (C=O) groups excluding carboxylic acids is 1. The van der Waals surface area contributed by atoms with E-state index < -0.39 is 0 Å². The number of fused-ring (bicyclic) bond motifs is 3. The minimum atomic E-state index is 0.236. The number of methoxy groups -OCH3 is 1. The number of piperazine rings is 1. The fraction of sp³-hybridized carbons (Fsp3) is 0.353. The van der Waals surface area contributed by atoms with Gasteiger partial charge in [-0.1, -0.05) is 65.4 Å². The second-order valence-corrected chi connectivity index (χ2v) is 12.3. The Bertz CT molecular complexity index is 1730. The molecule has 0 N–H and O–H groups in total. The van der Waals surface area contributed by atoms with E-state index in [2.05, 4.69) is 82.0 Å². The van der Waals surface area contributed by atoms with Crippen LogP contribution in [0, 0.1) is 13.8 Å². The number of hydrogen-bond acceptors (Lipinski definition) is 7. The minimum absolute atomic E-state index is 0.236. The van der Waals surface area contributed by atoms with Crippen molar-refractivity contribution < 1.29 is 9.53 Å². The molecule has 3 aromatic carbocycles. The predicted octanol–water partition coefficient (Wildman–Crippen LogP) is 6.26. The van der Waals surface area contributed by atoms with Crippen LogP contribution in [0.2, 0.25) is 0 Å². The molecule has 222 valence electrons. The van der Waals surface area contributed by atoms with Gasteiger partial charge < -0.3 is 19.1 Å². The van der Waals surface area contributed by atoms with Crippen LogP contribution in [0.15, 0.2) is 71.9 Å². The molecule has 1 aliphatic rings. The first-order valence-electron chi connectivity index (χ1n) is 15.0. The lowest BCUT2D eigenvalue weighted by molar-refractivity contribution is -0.131. The average Bonchev–Trinajstić information content (AvgIpc) is 3.33. The van der Waals surface area contributed by atoms with Crippen LogP contribution in [0.4, 0.5) is 5.69 Å². The van der Waals surface area contributed by atoms with Gasteiger partial charge in [0.25, 0.3) is 0 Å². The fourth-order valence-electron chi connectivity index (χ4n) is 5.74. The van der Waals surface area contributed by atoms with Crippen LogP contribution in [0.3, 0.4) is 0 Å². The van der Waals surface area contributed by atoms with E-state index >= 15 is 0 Å². The third-order valence-electron chi connectivity index (χ3n) is 8.14. The van der Waals surface area contributed by atoms with E-state index in [-0.39, 0.29) is 5.91 Å². The molecule has 0 unspecified atom stereocenters. The molecule has 0 spiro atoms. The van der Waals surface area contributed by atoms with Crippen molar-refractivity contribution >= 4 is 45.4 Å². The Morgan fingerprint density at radius 3 is 2.47 bits per heavy atom. The molecule has 0 saturated carbocycles. The Morgan fingerprint density at radius 1 is 0.907 bits per heavy atom. The van der Waals surface area contributed by atoms with E-state index in [4.69, 9.17) is 9.72 Å². The lowest BCUT2D eigenvalue weighted by Crippen LogP contribution is -2.48. The summed E-state index contributed by atoms with van der Waals surface area (Å²) in [5.41, 5.74) is 7.58. The van der Waals surface area contributed by atoms with Gasteiger partial charge in [-0.3, -0.25) is 4.79 Å². The zero-order chi connectivity index (χ0) is 29.8. The Morgan fingerprint density at radius 2 is 1.67 bits per heavy atom. The lowest BCUT2D eigenvalue weighted by atomic mass is 10.1. The van der Waals surface area contributed by atoms with E-state index in [1.807, 2.05) is 23.1 Å². The van der Waals surface area contributed by atoms with Gasteiger partial charge in [-0.05, 0) is 56.5 Å². The van der Waals surface area contributed by atoms with Crippen LogP contribution in [0.5, 0.6) is 5.75 Å². The fourth-order valence-corrected chi connectivity index (χ4v) is 6.52. The Balaban J connectivity index is 1.04. The van der Waals surface area contributed by atoms with Crippen molar-refractivity contribution in [3.8, 4) is 5.75 Å². The summed E-state index contributed by atoms with van der Waals surface area (Å²) >= 11 is 1.61. The summed E-state index contributed by atoms with van der Waals surface area (Å²) in [5, 5.41) is 10.9. The number of unbranched alkanes of at least 4 members (excludes halogenated alkanes) is 1. The first-order valence-corrected chi connectivity index (χ1v) is 16.0. The van der Waals surface area contributed by atoms with Gasteiger partial charge >= 0.3 is 0 Å². The summed E-state index contributed by atoms with van der Waals surface area (Å²) in [6, 6.07) is 23.2. The first kappa shape index (κ1) is 29.0. The number of rotatable bonds is 10. The summed E-state index contributed by atoms with van der Waals surface area (Å²) in [7, 11) is 1.70. The third kappa shape index (κ3) is 6.46. The highest BCUT2D eigenvalue weighted by molar-refractivity contribution is 7.99. The maximum Gasteiger partial charge on any atom is 0.222 e. The van der Waals surface area contributed by atoms with E-state index in [9.17, 15) is 4.79 Å². The second kappa shape index (κ2) is 13.0. The van der Waals surface area contributed by atoms with Crippen LogP contribution < -0.4 is 9.64 Å². The normalized spacial score (nSPS) is 13.7.